The molecule has 0 saturated heterocycles. The van der Waals surface area contributed by atoms with Crippen LogP contribution in [0, 0.1) is 0 Å². The summed E-state index contributed by atoms with van der Waals surface area (Å²) < 4.78 is 17.5. The van der Waals surface area contributed by atoms with Crippen molar-refractivity contribution in [3.8, 4) is 11.5 Å². The normalized spacial score (nSPS) is 20.1. The van der Waals surface area contributed by atoms with Crippen LogP contribution in [-0.4, -0.2) is 28.3 Å². The predicted molar refractivity (Wildman–Crippen MR) is 154 cm³/mol. The first kappa shape index (κ1) is 26.8. The van der Waals surface area contributed by atoms with Crippen LogP contribution in [0.15, 0.2) is 71.6 Å². The predicted octanol–water partition coefficient (Wildman–Crippen LogP) is 8.42. The zero-order chi connectivity index (χ0) is 26.1. The summed E-state index contributed by atoms with van der Waals surface area (Å²) in [6.07, 6.45) is 0. The lowest BCUT2D eigenvalue weighted by Gasteiger charge is -2.43. The zero-order valence-electron chi connectivity index (χ0n) is 23.0. The molecule has 0 amide bonds. The van der Waals surface area contributed by atoms with Gasteiger partial charge in [-0.15, -0.1) is 11.8 Å². The molecule has 0 fully saturated rings. The van der Waals surface area contributed by atoms with Crippen molar-refractivity contribution in [2.24, 2.45) is 0 Å². The van der Waals surface area contributed by atoms with E-state index < -0.39 is 8.32 Å². The highest BCUT2D eigenvalue weighted by Gasteiger charge is 2.42. The molecule has 0 unspecified atom stereocenters. The lowest BCUT2D eigenvalue weighted by molar-refractivity contribution is 0.276. The molecule has 0 aromatic heterocycles. The Labute approximate surface area is 222 Å². The summed E-state index contributed by atoms with van der Waals surface area (Å²) in [6, 6.07) is 24.2. The van der Waals surface area contributed by atoms with E-state index in [-0.39, 0.29) is 16.4 Å². The van der Waals surface area contributed by atoms with Gasteiger partial charge < -0.3 is 13.9 Å². The van der Waals surface area contributed by atoms with Crippen molar-refractivity contribution in [1.82, 2.24) is 0 Å². The fourth-order valence-electron chi connectivity index (χ4n) is 4.72. The Hall–Kier alpha value is -2.21. The summed E-state index contributed by atoms with van der Waals surface area (Å²) in [6.45, 7) is 14.6. The van der Waals surface area contributed by atoms with Gasteiger partial charge in [-0.3, -0.25) is 0 Å². The Bertz CT molecular complexity index is 1180. The first-order chi connectivity index (χ1) is 17.0. The van der Waals surface area contributed by atoms with Crippen molar-refractivity contribution >= 4 is 20.1 Å². The van der Waals surface area contributed by atoms with Crippen LogP contribution >= 0.6 is 11.8 Å². The molecule has 0 saturated carbocycles. The summed E-state index contributed by atoms with van der Waals surface area (Å²) in [7, 11) is 1.66. The standard InChI is InChI=1S/C31H40O3SSi/c1-30(2,3)36(7,8)34-20-22-9-11-23(12-10-22)29-27-18-17-26(33-6)19-28(27)35-21-31(29,4)24-13-15-25(32-5)16-14-24/h9-19,29H,20-21H2,1-8H3/t29-,31-/m1/s1. The average molecular weight is 521 g/mol. The Morgan fingerprint density at radius 2 is 1.50 bits per heavy atom. The van der Waals surface area contributed by atoms with Crippen LogP contribution in [0.5, 0.6) is 11.5 Å². The molecule has 1 aliphatic heterocycles. The maximum absolute atomic E-state index is 6.49. The molecular formula is C31H40O3SSi. The minimum atomic E-state index is -1.79. The highest BCUT2D eigenvalue weighted by atomic mass is 32.2. The van der Waals surface area contributed by atoms with Crippen molar-refractivity contribution in [2.75, 3.05) is 20.0 Å². The second kappa shape index (κ2) is 10.3. The number of hydrogen-bond acceptors (Lipinski definition) is 4. The number of hydrogen-bond donors (Lipinski definition) is 0. The Balaban J connectivity index is 1.70. The molecule has 1 heterocycles. The van der Waals surface area contributed by atoms with Crippen LogP contribution in [-0.2, 0) is 16.4 Å². The molecule has 5 heteroatoms. The maximum Gasteiger partial charge on any atom is 0.192 e. The van der Waals surface area contributed by atoms with E-state index in [0.717, 1.165) is 17.3 Å². The van der Waals surface area contributed by atoms with Gasteiger partial charge in [0.15, 0.2) is 8.32 Å². The van der Waals surface area contributed by atoms with Gasteiger partial charge in [-0.25, -0.2) is 0 Å². The monoisotopic (exact) mass is 520 g/mol. The fraction of sp³-hybridized carbons (Fsp3) is 0.419. The molecule has 0 N–H and O–H groups in total. The molecule has 3 nitrogen and oxygen atoms in total. The lowest BCUT2D eigenvalue weighted by atomic mass is 9.67. The van der Waals surface area contributed by atoms with Crippen LogP contribution in [0.3, 0.4) is 0 Å². The third-order valence-corrected chi connectivity index (χ3v) is 14.1. The van der Waals surface area contributed by atoms with Crippen molar-refractivity contribution < 1.29 is 13.9 Å². The van der Waals surface area contributed by atoms with Crippen molar-refractivity contribution in [1.29, 1.82) is 0 Å². The molecule has 0 spiro atoms. The van der Waals surface area contributed by atoms with E-state index in [9.17, 15) is 0 Å². The largest absolute Gasteiger partial charge is 0.497 e. The minimum absolute atomic E-state index is 0.0717. The van der Waals surface area contributed by atoms with Crippen LogP contribution < -0.4 is 9.47 Å². The van der Waals surface area contributed by atoms with Crippen molar-refractivity contribution in [2.45, 2.75) is 68.7 Å². The molecular weight excluding hydrogens is 480 g/mol. The molecule has 3 aromatic rings. The number of methoxy groups -OCH3 is 2. The van der Waals surface area contributed by atoms with E-state index in [1.165, 1.54) is 27.1 Å². The van der Waals surface area contributed by atoms with Crippen LogP contribution in [0.1, 0.15) is 55.9 Å². The number of fused-ring (bicyclic) bond motifs is 1. The molecule has 0 radical (unpaired) electrons. The summed E-state index contributed by atoms with van der Waals surface area (Å²) >= 11 is 1.92. The van der Waals surface area contributed by atoms with Gasteiger partial charge in [0.1, 0.15) is 11.5 Å². The lowest BCUT2D eigenvalue weighted by Crippen LogP contribution is -2.40. The van der Waals surface area contributed by atoms with Gasteiger partial charge >= 0.3 is 0 Å². The topological polar surface area (TPSA) is 27.7 Å². The second-order valence-electron chi connectivity index (χ2n) is 11.6. The van der Waals surface area contributed by atoms with E-state index in [4.69, 9.17) is 13.9 Å². The second-order valence-corrected chi connectivity index (χ2v) is 17.4. The van der Waals surface area contributed by atoms with Crippen molar-refractivity contribution in [3.05, 3.63) is 89.0 Å². The first-order valence-electron chi connectivity index (χ1n) is 12.7. The Morgan fingerprint density at radius 1 is 0.889 bits per heavy atom. The smallest absolute Gasteiger partial charge is 0.192 e. The Kier molecular flexibility index (Phi) is 7.66. The molecule has 0 aliphatic carbocycles. The Morgan fingerprint density at radius 3 is 2.08 bits per heavy atom. The van der Waals surface area contributed by atoms with E-state index in [1.54, 1.807) is 14.2 Å². The van der Waals surface area contributed by atoms with Gasteiger partial charge in [0, 0.05) is 22.0 Å². The number of thioether (sulfide) groups is 1. The molecule has 2 atom stereocenters. The number of ether oxygens (including phenoxy) is 2. The van der Waals surface area contributed by atoms with E-state index >= 15 is 0 Å². The van der Waals surface area contributed by atoms with Gasteiger partial charge in [-0.1, -0.05) is 70.2 Å². The zero-order valence-corrected chi connectivity index (χ0v) is 24.8. The third kappa shape index (κ3) is 5.25. The molecule has 1 aliphatic rings. The fourth-order valence-corrected chi connectivity index (χ4v) is 7.02. The average Bonchev–Trinajstić information content (AvgIpc) is 2.87. The highest BCUT2D eigenvalue weighted by molar-refractivity contribution is 7.99. The van der Waals surface area contributed by atoms with Gasteiger partial charge in [-0.2, -0.15) is 0 Å². The summed E-state index contributed by atoms with van der Waals surface area (Å²) in [5.41, 5.74) is 5.17. The molecule has 4 rings (SSSR count). The van der Waals surface area contributed by atoms with Gasteiger partial charge in [0.05, 0.1) is 20.8 Å². The first-order valence-corrected chi connectivity index (χ1v) is 16.6. The van der Waals surface area contributed by atoms with Gasteiger partial charge in [0.25, 0.3) is 0 Å². The number of rotatable bonds is 7. The highest BCUT2D eigenvalue weighted by Crippen LogP contribution is 2.53. The third-order valence-electron chi connectivity index (χ3n) is 8.16. The van der Waals surface area contributed by atoms with E-state index in [1.807, 2.05) is 11.8 Å². The molecule has 192 valence electrons. The summed E-state index contributed by atoms with van der Waals surface area (Å²) in [4.78, 5) is 1.30. The van der Waals surface area contributed by atoms with Gasteiger partial charge in [-0.05, 0) is 64.7 Å². The maximum atomic E-state index is 6.49. The quantitative estimate of drug-likeness (QED) is 0.292. The van der Waals surface area contributed by atoms with Crippen LogP contribution in [0.2, 0.25) is 18.1 Å². The van der Waals surface area contributed by atoms with Crippen LogP contribution in [0.25, 0.3) is 0 Å². The van der Waals surface area contributed by atoms with Crippen molar-refractivity contribution in [3.63, 3.8) is 0 Å². The van der Waals surface area contributed by atoms with E-state index in [0.29, 0.717) is 6.61 Å². The summed E-state index contributed by atoms with van der Waals surface area (Å²) in [5.74, 6) is 3.01. The number of benzene rings is 3. The SMILES string of the molecule is COc1ccc([C@@]2(C)CSc3cc(OC)ccc3[C@H]2c2ccc(CO[Si](C)(C)C(C)(C)C)cc2)cc1. The minimum Gasteiger partial charge on any atom is -0.497 e. The molecule has 0 bridgehead atoms. The van der Waals surface area contributed by atoms with Gasteiger partial charge in [0.2, 0.25) is 0 Å². The molecule has 3 aromatic carbocycles. The molecule has 36 heavy (non-hydrogen) atoms. The van der Waals surface area contributed by atoms with Crippen LogP contribution in [0.4, 0.5) is 0 Å². The van der Waals surface area contributed by atoms with E-state index in [2.05, 4.69) is 108 Å². The summed E-state index contributed by atoms with van der Waals surface area (Å²) in [5, 5.41) is 0.206.